The Morgan fingerprint density at radius 1 is 1.65 bits per heavy atom. The average molecular weight is 238 g/mol. The van der Waals surface area contributed by atoms with E-state index in [1.54, 1.807) is 0 Å². The van der Waals surface area contributed by atoms with Gasteiger partial charge in [-0.3, -0.25) is 4.79 Å². The Morgan fingerprint density at radius 3 is 2.94 bits per heavy atom. The molecule has 0 aliphatic carbocycles. The minimum Gasteiger partial charge on any atom is -0.501 e. The Labute approximate surface area is 96.5 Å². The van der Waals surface area contributed by atoms with Gasteiger partial charge in [-0.05, 0) is 28.1 Å². The molecule has 0 aromatic carbocycles. The summed E-state index contributed by atoms with van der Waals surface area (Å²) in [5.41, 5.74) is 0.276. The zero-order valence-electron chi connectivity index (χ0n) is 8.99. The van der Waals surface area contributed by atoms with Crippen LogP contribution in [0.2, 0.25) is 0 Å². The van der Waals surface area contributed by atoms with Gasteiger partial charge in [0.05, 0.1) is 13.5 Å². The molecule has 0 amide bonds. The molecule has 1 N–H and O–H groups in total. The number of hydrogen-bond donors (Lipinski definition) is 1. The van der Waals surface area contributed by atoms with Crippen LogP contribution in [0.25, 0.3) is 6.08 Å². The summed E-state index contributed by atoms with van der Waals surface area (Å²) in [4.78, 5) is 24.1. The van der Waals surface area contributed by atoms with E-state index in [1.165, 1.54) is 31.4 Å². The molecule has 0 fully saturated rings. The Morgan fingerprint density at radius 2 is 2.35 bits per heavy atom. The smallest absolute Gasteiger partial charge is 0.406 e. The van der Waals surface area contributed by atoms with Crippen molar-refractivity contribution in [1.29, 1.82) is 0 Å². The van der Waals surface area contributed by atoms with E-state index >= 15 is 0 Å². The van der Waals surface area contributed by atoms with E-state index < -0.39 is 22.5 Å². The highest BCUT2D eigenvalue weighted by molar-refractivity contribution is 5.72. The van der Waals surface area contributed by atoms with Gasteiger partial charge < -0.3 is 20.0 Å². The van der Waals surface area contributed by atoms with E-state index in [-0.39, 0.29) is 12.1 Å². The largest absolute Gasteiger partial charge is 0.501 e. The molecule has 7 heteroatoms. The monoisotopic (exact) mass is 238 g/mol. The quantitative estimate of drug-likeness (QED) is 0.481. The van der Waals surface area contributed by atoms with E-state index in [4.69, 9.17) is 5.11 Å². The van der Waals surface area contributed by atoms with Gasteiger partial charge in [-0.25, -0.2) is 0 Å². The van der Waals surface area contributed by atoms with Crippen molar-refractivity contribution < 1.29 is 19.6 Å². The van der Waals surface area contributed by atoms with Gasteiger partial charge in [-0.1, -0.05) is 6.08 Å². The molecular formula is C10H10N2O5. The molecule has 0 bridgehead atoms. The molecular weight excluding hydrogens is 228 g/mol. The van der Waals surface area contributed by atoms with Crippen molar-refractivity contribution in [3.05, 3.63) is 34.0 Å². The maximum atomic E-state index is 10.8. The van der Waals surface area contributed by atoms with E-state index in [0.29, 0.717) is 0 Å². The van der Waals surface area contributed by atoms with Crippen LogP contribution in [-0.2, 0) is 9.53 Å². The summed E-state index contributed by atoms with van der Waals surface area (Å²) in [5, 5.41) is 19.6. The fraction of sp³-hybridized carbons (Fsp3) is 0.200. The first-order chi connectivity index (χ1) is 8.04. The second kappa shape index (κ2) is 5.59. The number of hydrogen-bond acceptors (Lipinski definition) is 6. The lowest BCUT2D eigenvalue weighted by molar-refractivity contribution is -0.390. The summed E-state index contributed by atoms with van der Waals surface area (Å²) in [5.74, 6) is -1.54. The third-order valence-corrected chi connectivity index (χ3v) is 1.85. The standard InChI is InChI=1S/C10H10N2O5/c1-17-9(14)4-2-3-7-5-6-8(13)10(11-7)12(15)16/h2-3,5-6,13H,4H2,1H3. The summed E-state index contributed by atoms with van der Waals surface area (Å²) in [6.45, 7) is 0. The predicted octanol–water partition coefficient (Wildman–Crippen LogP) is 1.27. The first-order valence-electron chi connectivity index (χ1n) is 4.62. The molecule has 1 aromatic rings. The third kappa shape index (κ3) is 3.56. The Balaban J connectivity index is 2.82. The maximum Gasteiger partial charge on any atom is 0.406 e. The minimum absolute atomic E-state index is 0.0485. The Bertz CT molecular complexity index is 470. The van der Waals surface area contributed by atoms with Crippen molar-refractivity contribution in [2.45, 2.75) is 6.42 Å². The number of aromatic hydroxyl groups is 1. The van der Waals surface area contributed by atoms with E-state index in [1.807, 2.05) is 0 Å². The fourth-order valence-corrected chi connectivity index (χ4v) is 1.04. The number of pyridine rings is 1. The first kappa shape index (κ1) is 12.6. The molecule has 7 nitrogen and oxygen atoms in total. The highest BCUT2D eigenvalue weighted by atomic mass is 16.6. The van der Waals surface area contributed by atoms with Crippen LogP contribution in [0.5, 0.6) is 5.75 Å². The molecule has 0 radical (unpaired) electrons. The van der Waals surface area contributed by atoms with E-state index in [0.717, 1.165) is 0 Å². The van der Waals surface area contributed by atoms with Crippen LogP contribution in [-0.4, -0.2) is 28.1 Å². The average Bonchev–Trinajstić information content (AvgIpc) is 2.30. The minimum atomic E-state index is -0.785. The van der Waals surface area contributed by atoms with Gasteiger partial charge in [0.2, 0.25) is 5.75 Å². The zero-order chi connectivity index (χ0) is 12.8. The summed E-state index contributed by atoms with van der Waals surface area (Å²) in [6, 6.07) is 2.57. The topological polar surface area (TPSA) is 103 Å². The van der Waals surface area contributed by atoms with Gasteiger partial charge in [-0.2, -0.15) is 0 Å². The molecule has 0 unspecified atom stereocenters. The lowest BCUT2D eigenvalue weighted by Crippen LogP contribution is -1.97. The van der Waals surface area contributed by atoms with Crippen LogP contribution in [0.4, 0.5) is 5.82 Å². The molecule has 90 valence electrons. The van der Waals surface area contributed by atoms with Gasteiger partial charge in [-0.15, -0.1) is 0 Å². The molecule has 1 heterocycles. The highest BCUT2D eigenvalue weighted by Crippen LogP contribution is 2.22. The predicted molar refractivity (Wildman–Crippen MR) is 58.2 cm³/mol. The number of carbonyl (C=O) groups is 1. The van der Waals surface area contributed by atoms with Crippen molar-refractivity contribution in [2.75, 3.05) is 7.11 Å². The molecule has 17 heavy (non-hydrogen) atoms. The van der Waals surface area contributed by atoms with Crippen molar-refractivity contribution in [3.8, 4) is 5.75 Å². The van der Waals surface area contributed by atoms with Crippen LogP contribution in [0.1, 0.15) is 12.1 Å². The second-order valence-corrected chi connectivity index (χ2v) is 3.02. The third-order valence-electron chi connectivity index (χ3n) is 1.85. The summed E-state index contributed by atoms with van der Waals surface area (Å²) in [7, 11) is 1.26. The molecule has 0 saturated carbocycles. The lowest BCUT2D eigenvalue weighted by Gasteiger charge is -1.95. The Hall–Kier alpha value is -2.44. The number of carbonyl (C=O) groups excluding carboxylic acids is 1. The first-order valence-corrected chi connectivity index (χ1v) is 4.62. The van der Waals surface area contributed by atoms with Gasteiger partial charge in [0.1, 0.15) is 0 Å². The highest BCUT2D eigenvalue weighted by Gasteiger charge is 2.15. The van der Waals surface area contributed by atoms with Crippen LogP contribution in [0.3, 0.4) is 0 Å². The van der Waals surface area contributed by atoms with Gasteiger partial charge in [0, 0.05) is 0 Å². The van der Waals surface area contributed by atoms with Crippen molar-refractivity contribution in [1.82, 2.24) is 4.98 Å². The molecule has 1 rings (SSSR count). The molecule has 0 aliphatic heterocycles. The van der Waals surface area contributed by atoms with Crippen LogP contribution >= 0.6 is 0 Å². The number of ether oxygens (including phenoxy) is 1. The summed E-state index contributed by atoms with van der Waals surface area (Å²) in [6.07, 6.45) is 2.95. The SMILES string of the molecule is COC(=O)CC=Cc1ccc(O)c([N+](=O)[O-])n1. The van der Waals surface area contributed by atoms with Gasteiger partial charge in [0.15, 0.2) is 5.69 Å². The van der Waals surface area contributed by atoms with E-state index in [9.17, 15) is 14.9 Å². The Kier molecular flexibility index (Phi) is 4.15. The van der Waals surface area contributed by atoms with Crippen molar-refractivity contribution in [2.24, 2.45) is 0 Å². The summed E-state index contributed by atoms with van der Waals surface area (Å²) >= 11 is 0. The number of rotatable bonds is 4. The number of nitro groups is 1. The van der Waals surface area contributed by atoms with Gasteiger partial charge >= 0.3 is 11.8 Å². The van der Waals surface area contributed by atoms with Crippen LogP contribution in [0.15, 0.2) is 18.2 Å². The van der Waals surface area contributed by atoms with E-state index in [2.05, 4.69) is 9.72 Å². The fourth-order valence-electron chi connectivity index (χ4n) is 1.04. The normalized spacial score (nSPS) is 10.4. The van der Waals surface area contributed by atoms with Crippen LogP contribution in [0, 0.1) is 10.1 Å². The zero-order valence-corrected chi connectivity index (χ0v) is 8.99. The second-order valence-electron chi connectivity index (χ2n) is 3.02. The van der Waals surface area contributed by atoms with Crippen LogP contribution < -0.4 is 0 Å². The molecule has 0 atom stereocenters. The maximum absolute atomic E-state index is 10.8. The van der Waals surface area contributed by atoms with Gasteiger partial charge in [0.25, 0.3) is 0 Å². The lowest BCUT2D eigenvalue weighted by atomic mass is 10.3. The molecule has 0 aliphatic rings. The summed E-state index contributed by atoms with van der Waals surface area (Å²) < 4.78 is 4.41. The number of esters is 1. The van der Waals surface area contributed by atoms with Crippen molar-refractivity contribution >= 4 is 17.9 Å². The number of nitrogens with zero attached hydrogens (tertiary/aromatic N) is 2. The van der Waals surface area contributed by atoms with Crippen molar-refractivity contribution in [3.63, 3.8) is 0 Å². The molecule has 0 spiro atoms. The molecule has 0 saturated heterocycles. The molecule has 1 aromatic heterocycles. The number of methoxy groups -OCH3 is 1. The number of aromatic nitrogens is 1.